The molecule has 0 aliphatic carbocycles. The number of anilines is 1. The fourth-order valence-electron chi connectivity index (χ4n) is 3.96. The van der Waals surface area contributed by atoms with Crippen LogP contribution in [0.2, 0.25) is 0 Å². The zero-order valence-corrected chi connectivity index (χ0v) is 19.3. The molecule has 0 saturated heterocycles. The molecule has 0 spiro atoms. The Morgan fingerprint density at radius 2 is 2.03 bits per heavy atom. The first-order chi connectivity index (χ1) is 15.6. The number of para-hydroxylation sites is 1. The Kier molecular flexibility index (Phi) is 6.95. The van der Waals surface area contributed by atoms with Crippen molar-refractivity contribution in [3.8, 4) is 17.2 Å². The van der Waals surface area contributed by atoms with E-state index < -0.39 is 0 Å². The lowest BCUT2D eigenvalue weighted by molar-refractivity contribution is 0.200. The number of furan rings is 1. The van der Waals surface area contributed by atoms with Crippen molar-refractivity contribution in [1.29, 1.82) is 0 Å². The summed E-state index contributed by atoms with van der Waals surface area (Å²) in [6.07, 6.45) is 5.23. The Morgan fingerprint density at radius 1 is 1.16 bits per heavy atom. The van der Waals surface area contributed by atoms with Gasteiger partial charge in [0.05, 0.1) is 11.8 Å². The number of hydrogen-bond donors (Lipinski definition) is 1. The highest BCUT2D eigenvalue weighted by atomic mass is 16.5. The van der Waals surface area contributed by atoms with Crippen molar-refractivity contribution in [2.75, 3.05) is 32.0 Å². The van der Waals surface area contributed by atoms with E-state index in [1.807, 2.05) is 36.4 Å². The number of aromatic nitrogens is 3. The average molecular weight is 436 g/mol. The van der Waals surface area contributed by atoms with Gasteiger partial charge in [-0.05, 0) is 56.1 Å². The van der Waals surface area contributed by atoms with Gasteiger partial charge in [0.1, 0.15) is 23.6 Å². The van der Waals surface area contributed by atoms with Gasteiger partial charge in [0.25, 0.3) is 0 Å². The van der Waals surface area contributed by atoms with Gasteiger partial charge < -0.3 is 14.9 Å². The predicted octanol–water partition coefficient (Wildman–Crippen LogP) is 5.25. The first kappa shape index (κ1) is 22.1. The Bertz CT molecular complexity index is 1150. The van der Waals surface area contributed by atoms with E-state index in [2.05, 4.69) is 35.8 Å². The topological polar surface area (TPSA) is 81.8 Å². The van der Waals surface area contributed by atoms with Crippen LogP contribution in [0.5, 0.6) is 5.75 Å². The van der Waals surface area contributed by atoms with Crippen LogP contribution in [0.4, 0.5) is 5.95 Å². The van der Waals surface area contributed by atoms with Crippen LogP contribution in [-0.2, 0) is 0 Å². The highest BCUT2D eigenvalue weighted by Gasteiger charge is 2.15. The molecular formula is C25H33N5O2. The maximum atomic E-state index is 6.25. The second-order valence-electron chi connectivity index (χ2n) is 8.42. The highest BCUT2D eigenvalue weighted by Crippen LogP contribution is 2.31. The molecule has 170 valence electrons. The van der Waals surface area contributed by atoms with Crippen LogP contribution in [0.3, 0.4) is 0 Å². The van der Waals surface area contributed by atoms with E-state index in [1.165, 1.54) is 12.8 Å². The summed E-state index contributed by atoms with van der Waals surface area (Å²) >= 11 is 0. The monoisotopic (exact) mass is 435 g/mol. The van der Waals surface area contributed by atoms with Gasteiger partial charge >= 0.3 is 0 Å². The standard InChI is InChI=1S/C25H33N5O2/c1-4-12-29(13-11-18(3)5-2)14-16-32-23-9-6-8-19-21-17-20(22-10-7-15-31-22)28-30(21)25(26)27-24(19)23/h6-10,15,17-18H,4-5,11-14,16H2,1-3H3,(H2,26,27). The Hall–Kier alpha value is -3.06. The predicted molar refractivity (Wildman–Crippen MR) is 129 cm³/mol. The summed E-state index contributed by atoms with van der Waals surface area (Å²) in [7, 11) is 0. The number of fused-ring (bicyclic) bond motifs is 3. The molecule has 2 N–H and O–H groups in total. The molecule has 7 heteroatoms. The molecule has 1 atom stereocenters. The maximum Gasteiger partial charge on any atom is 0.222 e. The lowest BCUT2D eigenvalue weighted by atomic mass is 10.1. The summed E-state index contributed by atoms with van der Waals surface area (Å²) in [5, 5.41) is 5.52. The molecule has 0 amide bonds. The van der Waals surface area contributed by atoms with E-state index in [9.17, 15) is 0 Å². The normalized spacial score (nSPS) is 12.8. The van der Waals surface area contributed by atoms with E-state index in [0.717, 1.165) is 59.8 Å². The Labute approximate surface area is 189 Å². The molecule has 7 nitrogen and oxygen atoms in total. The van der Waals surface area contributed by atoms with Crippen LogP contribution in [-0.4, -0.2) is 45.7 Å². The third-order valence-electron chi connectivity index (χ3n) is 6.04. The van der Waals surface area contributed by atoms with Crippen molar-refractivity contribution in [3.63, 3.8) is 0 Å². The van der Waals surface area contributed by atoms with Crippen LogP contribution < -0.4 is 10.5 Å². The van der Waals surface area contributed by atoms with Gasteiger partial charge in [-0.1, -0.05) is 39.3 Å². The largest absolute Gasteiger partial charge is 0.490 e. The average Bonchev–Trinajstić information content (AvgIpc) is 3.48. The molecule has 0 bridgehead atoms. The molecule has 1 unspecified atom stereocenters. The zero-order valence-electron chi connectivity index (χ0n) is 19.3. The fourth-order valence-corrected chi connectivity index (χ4v) is 3.96. The molecule has 0 radical (unpaired) electrons. The summed E-state index contributed by atoms with van der Waals surface area (Å²) in [6.45, 7) is 10.5. The van der Waals surface area contributed by atoms with Gasteiger partial charge in [0.2, 0.25) is 5.95 Å². The molecular weight excluding hydrogens is 402 g/mol. The second kappa shape index (κ2) is 10.0. The van der Waals surface area contributed by atoms with Gasteiger partial charge in [-0.3, -0.25) is 4.90 Å². The zero-order chi connectivity index (χ0) is 22.5. The van der Waals surface area contributed by atoms with Crippen LogP contribution in [0.15, 0.2) is 47.1 Å². The molecule has 32 heavy (non-hydrogen) atoms. The highest BCUT2D eigenvalue weighted by molar-refractivity contribution is 5.98. The Balaban J connectivity index is 1.54. The smallest absolute Gasteiger partial charge is 0.222 e. The SMILES string of the molecule is CCCN(CCOc1cccc2c1nc(N)n1nc(-c3ccco3)cc21)CCC(C)CC. The molecule has 0 aliphatic rings. The molecule has 1 aromatic carbocycles. The number of benzene rings is 1. The van der Waals surface area contributed by atoms with Gasteiger partial charge in [0, 0.05) is 11.9 Å². The van der Waals surface area contributed by atoms with Crippen molar-refractivity contribution in [3.05, 3.63) is 42.7 Å². The minimum Gasteiger partial charge on any atom is -0.490 e. The number of ether oxygens (including phenoxy) is 1. The maximum absolute atomic E-state index is 6.25. The number of nitrogens with zero attached hydrogens (tertiary/aromatic N) is 4. The molecule has 0 fully saturated rings. The van der Waals surface area contributed by atoms with Gasteiger partial charge in [-0.2, -0.15) is 9.61 Å². The van der Waals surface area contributed by atoms with Crippen molar-refractivity contribution in [1.82, 2.24) is 19.5 Å². The summed E-state index contributed by atoms with van der Waals surface area (Å²) in [5.74, 6) is 2.52. The van der Waals surface area contributed by atoms with Crippen LogP contribution in [0.1, 0.15) is 40.0 Å². The van der Waals surface area contributed by atoms with Gasteiger partial charge in [0.15, 0.2) is 5.76 Å². The van der Waals surface area contributed by atoms with Crippen molar-refractivity contribution < 1.29 is 9.15 Å². The van der Waals surface area contributed by atoms with E-state index in [-0.39, 0.29) is 0 Å². The number of nitrogens with two attached hydrogens (primary N) is 1. The van der Waals surface area contributed by atoms with E-state index in [0.29, 0.717) is 18.3 Å². The summed E-state index contributed by atoms with van der Waals surface area (Å²) < 4.78 is 13.4. The van der Waals surface area contributed by atoms with Crippen LogP contribution >= 0.6 is 0 Å². The minimum atomic E-state index is 0.322. The summed E-state index contributed by atoms with van der Waals surface area (Å²) in [6, 6.07) is 11.7. The number of nitrogen functional groups attached to an aromatic ring is 1. The van der Waals surface area contributed by atoms with Gasteiger partial charge in [-0.15, -0.1) is 0 Å². The first-order valence-corrected chi connectivity index (χ1v) is 11.6. The molecule has 4 rings (SSSR count). The quantitative estimate of drug-likeness (QED) is 0.346. The third kappa shape index (κ3) is 4.72. The summed E-state index contributed by atoms with van der Waals surface area (Å²) in [5.41, 5.74) is 8.61. The third-order valence-corrected chi connectivity index (χ3v) is 6.04. The van der Waals surface area contributed by atoms with Gasteiger partial charge in [-0.25, -0.2) is 4.98 Å². The molecule has 0 saturated carbocycles. The molecule has 4 aromatic rings. The summed E-state index contributed by atoms with van der Waals surface area (Å²) in [4.78, 5) is 7.10. The second-order valence-corrected chi connectivity index (χ2v) is 8.42. The van der Waals surface area contributed by atoms with E-state index >= 15 is 0 Å². The van der Waals surface area contributed by atoms with Crippen molar-refractivity contribution in [2.24, 2.45) is 5.92 Å². The lowest BCUT2D eigenvalue weighted by Gasteiger charge is -2.23. The van der Waals surface area contributed by atoms with Crippen molar-refractivity contribution >= 4 is 22.4 Å². The van der Waals surface area contributed by atoms with E-state index in [1.54, 1.807) is 10.8 Å². The number of hydrogen-bond acceptors (Lipinski definition) is 6. The molecule has 3 heterocycles. The van der Waals surface area contributed by atoms with Crippen molar-refractivity contribution in [2.45, 2.75) is 40.0 Å². The van der Waals surface area contributed by atoms with Crippen LogP contribution in [0.25, 0.3) is 27.9 Å². The lowest BCUT2D eigenvalue weighted by Crippen LogP contribution is -2.31. The first-order valence-electron chi connectivity index (χ1n) is 11.6. The number of rotatable bonds is 11. The van der Waals surface area contributed by atoms with Crippen LogP contribution in [0, 0.1) is 5.92 Å². The molecule has 3 aromatic heterocycles. The molecule has 0 aliphatic heterocycles. The minimum absolute atomic E-state index is 0.322. The fraction of sp³-hybridized carbons (Fsp3) is 0.440. The van der Waals surface area contributed by atoms with E-state index in [4.69, 9.17) is 14.9 Å². The Morgan fingerprint density at radius 3 is 2.78 bits per heavy atom.